The minimum Gasteiger partial charge on any atom is -0.411 e. The van der Waals surface area contributed by atoms with Crippen LogP contribution in [0.3, 0.4) is 0 Å². The maximum Gasteiger partial charge on any atom is 0.417 e. The van der Waals surface area contributed by atoms with E-state index in [1.54, 1.807) is 6.92 Å². The molecule has 0 heterocycles. The van der Waals surface area contributed by atoms with Crippen molar-refractivity contribution in [1.29, 1.82) is 0 Å². The Kier molecular flexibility index (Phi) is 3.34. The van der Waals surface area contributed by atoms with Gasteiger partial charge in [-0.05, 0) is 12.5 Å². The van der Waals surface area contributed by atoms with E-state index in [1.807, 2.05) is 0 Å². The van der Waals surface area contributed by atoms with Crippen LogP contribution >= 0.6 is 0 Å². The molecular weight excluding hydrogens is 207 g/mol. The van der Waals surface area contributed by atoms with Crippen LogP contribution in [0.1, 0.15) is 24.5 Å². The van der Waals surface area contributed by atoms with Crippen molar-refractivity contribution in [3.63, 3.8) is 0 Å². The summed E-state index contributed by atoms with van der Waals surface area (Å²) in [7, 11) is 0. The Morgan fingerprint density at radius 3 is 2.40 bits per heavy atom. The van der Waals surface area contributed by atoms with Gasteiger partial charge in [0, 0.05) is 5.56 Å². The number of halogens is 3. The lowest BCUT2D eigenvalue weighted by molar-refractivity contribution is -0.137. The van der Waals surface area contributed by atoms with Crippen molar-refractivity contribution in [2.24, 2.45) is 5.16 Å². The Morgan fingerprint density at radius 2 is 1.93 bits per heavy atom. The smallest absolute Gasteiger partial charge is 0.411 e. The number of alkyl halides is 3. The van der Waals surface area contributed by atoms with Gasteiger partial charge in [-0.3, -0.25) is 0 Å². The number of hydrogen-bond acceptors (Lipinski definition) is 2. The molecule has 0 unspecified atom stereocenters. The highest BCUT2D eigenvalue weighted by Crippen LogP contribution is 2.32. The zero-order valence-electron chi connectivity index (χ0n) is 8.04. The molecule has 82 valence electrons. The summed E-state index contributed by atoms with van der Waals surface area (Å²) in [5.41, 5.74) is -0.822. The lowest BCUT2D eigenvalue weighted by atomic mass is 10.0. The maximum absolute atomic E-state index is 12.5. The molecule has 0 aliphatic rings. The number of hydrogen-bond donors (Lipinski definition) is 1. The first-order valence-corrected chi connectivity index (χ1v) is 4.38. The fourth-order valence-electron chi connectivity index (χ4n) is 1.30. The number of rotatable bonds is 2. The molecule has 0 radical (unpaired) electrons. The molecule has 0 aliphatic heterocycles. The quantitative estimate of drug-likeness (QED) is 0.460. The molecule has 5 heteroatoms. The number of oxime groups is 1. The Bertz CT molecular complexity index is 371. The normalized spacial score (nSPS) is 12.9. The van der Waals surface area contributed by atoms with E-state index in [2.05, 4.69) is 5.16 Å². The summed E-state index contributed by atoms with van der Waals surface area (Å²) in [5.74, 6) is 0. The second-order valence-corrected chi connectivity index (χ2v) is 2.94. The van der Waals surface area contributed by atoms with Gasteiger partial charge in [0.2, 0.25) is 0 Å². The van der Waals surface area contributed by atoms with E-state index in [9.17, 15) is 13.2 Å². The van der Waals surface area contributed by atoms with E-state index >= 15 is 0 Å². The van der Waals surface area contributed by atoms with Gasteiger partial charge in [0.05, 0.1) is 11.3 Å². The van der Waals surface area contributed by atoms with E-state index in [0.29, 0.717) is 0 Å². The van der Waals surface area contributed by atoms with Crippen LogP contribution in [-0.2, 0) is 6.18 Å². The highest BCUT2D eigenvalue weighted by molar-refractivity contribution is 6.01. The Hall–Kier alpha value is -1.52. The molecular formula is C10H10F3NO. The van der Waals surface area contributed by atoms with E-state index in [4.69, 9.17) is 5.21 Å². The SMILES string of the molecule is CCC(=NO)c1ccccc1C(F)(F)F. The Balaban J connectivity index is 3.30. The lowest BCUT2D eigenvalue weighted by Crippen LogP contribution is -2.13. The third kappa shape index (κ3) is 2.49. The Morgan fingerprint density at radius 1 is 1.33 bits per heavy atom. The lowest BCUT2D eigenvalue weighted by Gasteiger charge is -2.12. The summed E-state index contributed by atoms with van der Waals surface area (Å²) >= 11 is 0. The fraction of sp³-hybridized carbons (Fsp3) is 0.300. The molecule has 0 bridgehead atoms. The van der Waals surface area contributed by atoms with Gasteiger partial charge >= 0.3 is 6.18 Å². The summed E-state index contributed by atoms with van der Waals surface area (Å²) < 4.78 is 37.6. The van der Waals surface area contributed by atoms with E-state index in [0.717, 1.165) is 6.07 Å². The predicted octanol–water partition coefficient (Wildman–Crippen LogP) is 3.29. The van der Waals surface area contributed by atoms with Crippen molar-refractivity contribution in [1.82, 2.24) is 0 Å². The summed E-state index contributed by atoms with van der Waals surface area (Å²) in [4.78, 5) is 0. The van der Waals surface area contributed by atoms with Gasteiger partial charge in [0.15, 0.2) is 0 Å². The van der Waals surface area contributed by atoms with Crippen LogP contribution in [0.4, 0.5) is 13.2 Å². The van der Waals surface area contributed by atoms with Crippen LogP contribution in [0.2, 0.25) is 0 Å². The Labute approximate surface area is 85.0 Å². The van der Waals surface area contributed by atoms with Gasteiger partial charge in [-0.15, -0.1) is 0 Å². The largest absolute Gasteiger partial charge is 0.417 e. The zero-order valence-corrected chi connectivity index (χ0v) is 8.04. The van der Waals surface area contributed by atoms with Crippen molar-refractivity contribution in [3.05, 3.63) is 35.4 Å². The zero-order chi connectivity index (χ0) is 11.5. The third-order valence-electron chi connectivity index (χ3n) is 2.00. The van der Waals surface area contributed by atoms with E-state index < -0.39 is 11.7 Å². The van der Waals surface area contributed by atoms with Crippen molar-refractivity contribution >= 4 is 5.71 Å². The van der Waals surface area contributed by atoms with Gasteiger partial charge in [0.1, 0.15) is 0 Å². The van der Waals surface area contributed by atoms with Crippen LogP contribution in [0.25, 0.3) is 0 Å². The molecule has 1 aromatic carbocycles. The van der Waals surface area contributed by atoms with Gasteiger partial charge in [-0.25, -0.2) is 0 Å². The molecule has 0 aliphatic carbocycles. The van der Waals surface area contributed by atoms with E-state index in [-0.39, 0.29) is 17.7 Å². The van der Waals surface area contributed by atoms with Gasteiger partial charge in [0.25, 0.3) is 0 Å². The monoisotopic (exact) mass is 217 g/mol. The maximum atomic E-state index is 12.5. The second kappa shape index (κ2) is 4.33. The topological polar surface area (TPSA) is 32.6 Å². The molecule has 0 saturated carbocycles. The van der Waals surface area contributed by atoms with Gasteiger partial charge in [-0.1, -0.05) is 30.3 Å². The molecule has 0 saturated heterocycles. The summed E-state index contributed by atoms with van der Waals surface area (Å²) in [6.45, 7) is 1.63. The third-order valence-corrected chi connectivity index (χ3v) is 2.00. The average Bonchev–Trinajstić information content (AvgIpc) is 2.19. The summed E-state index contributed by atoms with van der Waals surface area (Å²) in [5, 5.41) is 11.5. The standard InChI is InChI=1S/C10H10F3NO/c1-2-9(14-15)7-5-3-4-6-8(7)10(11,12)13/h3-6,15H,2H2,1H3. The minimum atomic E-state index is -4.43. The molecule has 0 amide bonds. The molecule has 0 aromatic heterocycles. The molecule has 15 heavy (non-hydrogen) atoms. The first-order chi connectivity index (χ1) is 7.00. The first-order valence-electron chi connectivity index (χ1n) is 4.38. The molecule has 1 N–H and O–H groups in total. The van der Waals surface area contributed by atoms with Crippen molar-refractivity contribution < 1.29 is 18.4 Å². The van der Waals surface area contributed by atoms with Crippen molar-refractivity contribution in [2.75, 3.05) is 0 Å². The van der Waals surface area contributed by atoms with Crippen molar-refractivity contribution in [2.45, 2.75) is 19.5 Å². The average molecular weight is 217 g/mol. The van der Waals surface area contributed by atoms with Gasteiger partial charge < -0.3 is 5.21 Å². The highest BCUT2D eigenvalue weighted by atomic mass is 19.4. The summed E-state index contributed by atoms with van der Waals surface area (Å²) in [6, 6.07) is 5.04. The second-order valence-electron chi connectivity index (χ2n) is 2.94. The molecule has 1 aromatic rings. The van der Waals surface area contributed by atoms with Crippen LogP contribution in [0.5, 0.6) is 0 Å². The molecule has 0 fully saturated rings. The molecule has 2 nitrogen and oxygen atoms in total. The minimum absolute atomic E-state index is 0.0305. The van der Waals surface area contributed by atoms with Crippen LogP contribution < -0.4 is 0 Å². The molecule has 0 spiro atoms. The molecule has 1 rings (SSSR count). The predicted molar refractivity (Wildman–Crippen MR) is 50.1 cm³/mol. The first kappa shape index (κ1) is 11.6. The van der Waals surface area contributed by atoms with Crippen LogP contribution in [-0.4, -0.2) is 10.9 Å². The highest BCUT2D eigenvalue weighted by Gasteiger charge is 2.33. The van der Waals surface area contributed by atoms with Crippen LogP contribution in [0, 0.1) is 0 Å². The van der Waals surface area contributed by atoms with Gasteiger partial charge in [-0.2, -0.15) is 13.2 Å². The fourth-order valence-corrected chi connectivity index (χ4v) is 1.30. The number of nitrogens with zero attached hydrogens (tertiary/aromatic N) is 1. The van der Waals surface area contributed by atoms with E-state index in [1.165, 1.54) is 18.2 Å². The number of benzene rings is 1. The van der Waals surface area contributed by atoms with Crippen LogP contribution in [0.15, 0.2) is 29.4 Å². The summed E-state index contributed by atoms with van der Waals surface area (Å²) in [6.07, 6.45) is -4.19. The molecule has 0 atom stereocenters. The van der Waals surface area contributed by atoms with Crippen molar-refractivity contribution in [3.8, 4) is 0 Å².